The van der Waals surface area contributed by atoms with Gasteiger partial charge in [0.05, 0.1) is 17.0 Å². The molecule has 0 unspecified atom stereocenters. The summed E-state index contributed by atoms with van der Waals surface area (Å²) in [4.78, 5) is 28.4. The average molecular weight is 322 g/mol. The van der Waals surface area contributed by atoms with Crippen molar-refractivity contribution < 1.29 is 0 Å². The molecule has 3 aromatic heterocycles. The molecule has 8 heteroatoms. The zero-order valence-electron chi connectivity index (χ0n) is 12.1. The van der Waals surface area contributed by atoms with E-state index in [0.29, 0.717) is 22.5 Å². The number of rotatable bonds is 3. The Morgan fingerprint density at radius 2 is 1.50 bits per heavy atom. The first-order chi connectivity index (χ1) is 10.1. The molecule has 0 radical (unpaired) electrons. The molecule has 22 heavy (non-hydrogen) atoms. The molecule has 3 heterocycles. The fourth-order valence-electron chi connectivity index (χ4n) is 2.63. The standard InChI is InChI=1S/C14H15N5O2.ClH/c1-7-10(13(20)18-16-7)12(9-4-3-5-15-6-9)11-8(2)17-19-14(11)21;/h3-6,12H,1-2H3,(H2,16,18,20)(H2,17,19,21);1H. The van der Waals surface area contributed by atoms with Gasteiger partial charge in [-0.1, -0.05) is 6.07 Å². The van der Waals surface area contributed by atoms with Gasteiger partial charge in [0.25, 0.3) is 11.1 Å². The number of nitrogens with zero attached hydrogens (tertiary/aromatic N) is 1. The minimum absolute atomic E-state index is 0. The van der Waals surface area contributed by atoms with Gasteiger partial charge in [0.2, 0.25) is 0 Å². The lowest BCUT2D eigenvalue weighted by Gasteiger charge is -2.15. The van der Waals surface area contributed by atoms with Gasteiger partial charge in [-0.15, -0.1) is 12.4 Å². The fraction of sp³-hybridized carbons (Fsp3) is 0.214. The van der Waals surface area contributed by atoms with Crippen molar-refractivity contribution in [2.45, 2.75) is 19.8 Å². The summed E-state index contributed by atoms with van der Waals surface area (Å²) in [6.45, 7) is 3.60. The largest absolute Gasteiger partial charge is 0.302 e. The Morgan fingerprint density at radius 1 is 0.955 bits per heavy atom. The van der Waals surface area contributed by atoms with Crippen LogP contribution in [0.3, 0.4) is 0 Å². The molecular weight excluding hydrogens is 306 g/mol. The summed E-state index contributed by atoms with van der Waals surface area (Å²) in [7, 11) is 0. The van der Waals surface area contributed by atoms with E-state index < -0.39 is 5.92 Å². The van der Waals surface area contributed by atoms with Gasteiger partial charge in [-0.05, 0) is 25.5 Å². The van der Waals surface area contributed by atoms with E-state index in [2.05, 4.69) is 25.4 Å². The van der Waals surface area contributed by atoms with E-state index >= 15 is 0 Å². The van der Waals surface area contributed by atoms with Crippen molar-refractivity contribution in [3.05, 3.63) is 73.3 Å². The molecule has 116 valence electrons. The van der Waals surface area contributed by atoms with Crippen molar-refractivity contribution in [1.82, 2.24) is 25.4 Å². The number of aromatic amines is 4. The van der Waals surface area contributed by atoms with E-state index in [0.717, 1.165) is 5.56 Å². The summed E-state index contributed by atoms with van der Waals surface area (Å²) in [6.07, 6.45) is 3.32. The van der Waals surface area contributed by atoms with Gasteiger partial charge in [-0.25, -0.2) is 0 Å². The normalized spacial score (nSPS) is 10.7. The number of aromatic nitrogens is 5. The highest BCUT2D eigenvalue weighted by Gasteiger charge is 2.27. The Morgan fingerprint density at radius 3 is 1.86 bits per heavy atom. The highest BCUT2D eigenvalue weighted by Crippen LogP contribution is 2.30. The minimum atomic E-state index is -0.469. The predicted octanol–water partition coefficient (Wildman–Crippen LogP) is 1.33. The van der Waals surface area contributed by atoms with Crippen LogP contribution < -0.4 is 11.1 Å². The Labute approximate surface area is 131 Å². The van der Waals surface area contributed by atoms with Gasteiger partial charge >= 0.3 is 0 Å². The molecule has 3 rings (SSSR count). The molecule has 0 aliphatic rings. The zero-order valence-corrected chi connectivity index (χ0v) is 12.9. The topological polar surface area (TPSA) is 110 Å². The van der Waals surface area contributed by atoms with Crippen molar-refractivity contribution in [3.63, 3.8) is 0 Å². The Kier molecular flexibility index (Phi) is 4.37. The van der Waals surface area contributed by atoms with Gasteiger partial charge in [0, 0.05) is 23.8 Å². The number of H-pyrrole nitrogens is 4. The first-order valence-corrected chi connectivity index (χ1v) is 6.53. The van der Waals surface area contributed by atoms with Crippen molar-refractivity contribution in [2.75, 3.05) is 0 Å². The molecule has 7 nitrogen and oxygen atoms in total. The molecule has 0 bridgehead atoms. The molecule has 0 aromatic carbocycles. The zero-order chi connectivity index (χ0) is 15.0. The first kappa shape index (κ1) is 15.8. The Balaban J connectivity index is 0.00000176. The average Bonchev–Trinajstić information content (AvgIpc) is 2.98. The van der Waals surface area contributed by atoms with Gasteiger partial charge in [0.15, 0.2) is 0 Å². The summed E-state index contributed by atoms with van der Waals surface area (Å²) in [5, 5.41) is 10.7. The minimum Gasteiger partial charge on any atom is -0.302 e. The molecule has 0 amide bonds. The maximum atomic E-state index is 12.1. The van der Waals surface area contributed by atoms with Crippen molar-refractivity contribution in [1.29, 1.82) is 0 Å². The third-order valence-electron chi connectivity index (χ3n) is 3.62. The number of aryl methyl sites for hydroxylation is 2. The van der Waals surface area contributed by atoms with Gasteiger partial charge < -0.3 is 10.2 Å². The summed E-state index contributed by atoms with van der Waals surface area (Å²) >= 11 is 0. The molecule has 0 saturated carbocycles. The number of halogens is 1. The van der Waals surface area contributed by atoms with Crippen LogP contribution in [0.4, 0.5) is 0 Å². The second-order valence-corrected chi connectivity index (χ2v) is 4.95. The van der Waals surface area contributed by atoms with Gasteiger partial charge in [-0.2, -0.15) is 0 Å². The first-order valence-electron chi connectivity index (χ1n) is 6.53. The van der Waals surface area contributed by atoms with Crippen molar-refractivity contribution in [2.24, 2.45) is 0 Å². The number of pyridine rings is 1. The quantitative estimate of drug-likeness (QED) is 0.584. The molecule has 4 N–H and O–H groups in total. The van der Waals surface area contributed by atoms with E-state index in [-0.39, 0.29) is 23.5 Å². The molecule has 3 aromatic rings. The lowest BCUT2D eigenvalue weighted by molar-refractivity contribution is 0.921. The van der Waals surface area contributed by atoms with E-state index in [1.807, 2.05) is 6.07 Å². The van der Waals surface area contributed by atoms with E-state index in [9.17, 15) is 9.59 Å². The van der Waals surface area contributed by atoms with E-state index in [1.165, 1.54) is 0 Å². The third-order valence-corrected chi connectivity index (χ3v) is 3.62. The highest BCUT2D eigenvalue weighted by atomic mass is 35.5. The fourth-order valence-corrected chi connectivity index (χ4v) is 2.63. The van der Waals surface area contributed by atoms with Gasteiger partial charge in [0.1, 0.15) is 0 Å². The van der Waals surface area contributed by atoms with E-state index in [1.54, 1.807) is 32.3 Å². The molecule has 0 spiro atoms. The number of hydrogen-bond donors (Lipinski definition) is 4. The maximum absolute atomic E-state index is 12.1. The third kappa shape index (κ3) is 2.50. The number of nitrogens with one attached hydrogen (secondary N) is 4. The molecule has 0 aliphatic heterocycles. The lowest BCUT2D eigenvalue weighted by Crippen LogP contribution is -2.20. The number of hydrogen-bond acceptors (Lipinski definition) is 3. The summed E-state index contributed by atoms with van der Waals surface area (Å²) in [6, 6.07) is 3.64. The summed E-state index contributed by atoms with van der Waals surface area (Å²) < 4.78 is 0. The van der Waals surface area contributed by atoms with Crippen molar-refractivity contribution >= 4 is 12.4 Å². The van der Waals surface area contributed by atoms with E-state index in [4.69, 9.17) is 0 Å². The maximum Gasteiger partial charge on any atom is 0.268 e. The lowest BCUT2D eigenvalue weighted by atomic mass is 9.86. The summed E-state index contributed by atoms with van der Waals surface area (Å²) in [5.41, 5.74) is 2.77. The Bertz CT molecular complexity index is 820. The van der Waals surface area contributed by atoms with Crippen LogP contribution in [0.1, 0.15) is 34.0 Å². The van der Waals surface area contributed by atoms with Crippen LogP contribution in [-0.2, 0) is 0 Å². The Hall–Kier alpha value is -2.54. The van der Waals surface area contributed by atoms with Crippen LogP contribution in [0.25, 0.3) is 0 Å². The second-order valence-electron chi connectivity index (χ2n) is 4.95. The molecular formula is C14H16ClN5O2. The van der Waals surface area contributed by atoms with Crippen molar-refractivity contribution in [3.8, 4) is 0 Å². The highest BCUT2D eigenvalue weighted by molar-refractivity contribution is 5.85. The molecule has 0 saturated heterocycles. The van der Waals surface area contributed by atoms with Crippen LogP contribution in [0.15, 0.2) is 34.1 Å². The predicted molar refractivity (Wildman–Crippen MR) is 84.7 cm³/mol. The second kappa shape index (κ2) is 6.07. The summed E-state index contributed by atoms with van der Waals surface area (Å²) in [5.74, 6) is -0.469. The monoisotopic (exact) mass is 321 g/mol. The molecule has 0 aliphatic carbocycles. The van der Waals surface area contributed by atoms with Crippen LogP contribution in [0.2, 0.25) is 0 Å². The van der Waals surface area contributed by atoms with Crippen LogP contribution in [0, 0.1) is 13.8 Å². The molecule has 0 fully saturated rings. The van der Waals surface area contributed by atoms with Gasteiger partial charge in [-0.3, -0.25) is 24.8 Å². The van der Waals surface area contributed by atoms with Crippen LogP contribution in [-0.4, -0.2) is 25.4 Å². The molecule has 0 atom stereocenters. The van der Waals surface area contributed by atoms with Crippen LogP contribution in [0.5, 0.6) is 0 Å². The SMILES string of the molecule is Cc1[nH][nH]c(=O)c1C(c1cccnc1)c1c(C)[nH][nH]c1=O.Cl. The van der Waals surface area contributed by atoms with Crippen LogP contribution >= 0.6 is 12.4 Å². The smallest absolute Gasteiger partial charge is 0.268 e.